The van der Waals surface area contributed by atoms with E-state index >= 15 is 0 Å². The van der Waals surface area contributed by atoms with Crippen LogP contribution in [0.25, 0.3) is 0 Å². The Labute approximate surface area is 153 Å². The minimum absolute atomic E-state index is 0.0830. The molecule has 5 heteroatoms. The van der Waals surface area contributed by atoms with E-state index in [1.165, 1.54) is 0 Å². The molecule has 4 nitrogen and oxygen atoms in total. The molecule has 0 saturated heterocycles. The first kappa shape index (κ1) is 19.0. The number of carbonyl (C=O) groups excluding carboxylic acids is 2. The number of halogens is 1. The molecule has 1 atom stereocenters. The largest absolute Gasteiger partial charge is 0.357 e. The molecule has 0 aliphatic carbocycles. The fraction of sp³-hybridized carbons (Fsp3) is 0.300. The van der Waals surface area contributed by atoms with Crippen LogP contribution in [0.3, 0.4) is 0 Å². The van der Waals surface area contributed by atoms with Gasteiger partial charge in [0.25, 0.3) is 0 Å². The lowest BCUT2D eigenvalue weighted by atomic mass is 10.0. The molecule has 132 valence electrons. The summed E-state index contributed by atoms with van der Waals surface area (Å²) in [6.07, 6.45) is 0.265. The van der Waals surface area contributed by atoms with Crippen LogP contribution in [0.2, 0.25) is 5.02 Å². The first-order chi connectivity index (χ1) is 11.9. The number of benzene rings is 2. The fourth-order valence-electron chi connectivity index (χ4n) is 2.65. The molecule has 0 saturated carbocycles. The third-order valence-electron chi connectivity index (χ3n) is 4.28. The summed E-state index contributed by atoms with van der Waals surface area (Å²) < 4.78 is 0. The number of hydrogen-bond acceptors (Lipinski definition) is 2. The SMILES string of the molecule is CNC(=O)[C@H](C)N(Cc1ccc(Cl)cc1)C(=O)Cc1ccccc1C. The number of amides is 2. The standard InChI is InChI=1S/C20H23ClN2O2/c1-14-6-4-5-7-17(14)12-19(24)23(15(2)20(25)22-3)13-16-8-10-18(21)11-9-16/h4-11,15H,12-13H2,1-3H3,(H,22,25)/t15-/m0/s1. The Balaban J connectivity index is 2.23. The van der Waals surface area contributed by atoms with E-state index in [2.05, 4.69) is 5.32 Å². The van der Waals surface area contributed by atoms with Gasteiger partial charge >= 0.3 is 0 Å². The van der Waals surface area contributed by atoms with Crippen molar-refractivity contribution in [2.75, 3.05) is 7.05 Å². The third kappa shape index (κ3) is 5.07. The Bertz CT molecular complexity index is 744. The highest BCUT2D eigenvalue weighted by atomic mass is 35.5. The van der Waals surface area contributed by atoms with E-state index in [-0.39, 0.29) is 18.2 Å². The second-order valence-electron chi connectivity index (χ2n) is 6.04. The molecule has 0 spiro atoms. The molecule has 0 unspecified atom stereocenters. The highest BCUT2D eigenvalue weighted by molar-refractivity contribution is 6.30. The monoisotopic (exact) mass is 358 g/mol. The molecule has 2 aromatic carbocycles. The van der Waals surface area contributed by atoms with Gasteiger partial charge in [-0.15, -0.1) is 0 Å². The lowest BCUT2D eigenvalue weighted by Gasteiger charge is -2.28. The van der Waals surface area contributed by atoms with Crippen LogP contribution in [-0.2, 0) is 22.6 Å². The highest BCUT2D eigenvalue weighted by Gasteiger charge is 2.25. The average molecular weight is 359 g/mol. The van der Waals surface area contributed by atoms with Crippen LogP contribution in [0.5, 0.6) is 0 Å². The lowest BCUT2D eigenvalue weighted by molar-refractivity contribution is -0.139. The van der Waals surface area contributed by atoms with Crippen molar-refractivity contribution >= 4 is 23.4 Å². The molecule has 0 aromatic heterocycles. The molecule has 0 radical (unpaired) electrons. The minimum Gasteiger partial charge on any atom is -0.357 e. The molecule has 2 rings (SSSR count). The topological polar surface area (TPSA) is 49.4 Å². The first-order valence-corrected chi connectivity index (χ1v) is 8.60. The minimum atomic E-state index is -0.558. The van der Waals surface area contributed by atoms with Crippen molar-refractivity contribution in [3.8, 4) is 0 Å². The third-order valence-corrected chi connectivity index (χ3v) is 4.53. The molecule has 0 heterocycles. The van der Waals surface area contributed by atoms with Crippen molar-refractivity contribution in [2.24, 2.45) is 0 Å². The van der Waals surface area contributed by atoms with Crippen molar-refractivity contribution in [1.29, 1.82) is 0 Å². The van der Waals surface area contributed by atoms with Gasteiger partial charge in [0.05, 0.1) is 6.42 Å². The maximum atomic E-state index is 12.9. The zero-order valence-electron chi connectivity index (χ0n) is 14.8. The number of hydrogen-bond donors (Lipinski definition) is 1. The van der Waals surface area contributed by atoms with Crippen molar-refractivity contribution in [3.05, 3.63) is 70.2 Å². The molecule has 0 aliphatic heterocycles. The summed E-state index contributed by atoms with van der Waals surface area (Å²) in [5.41, 5.74) is 2.96. The molecule has 2 amide bonds. The Hall–Kier alpha value is -2.33. The Morgan fingerprint density at radius 3 is 2.36 bits per heavy atom. The van der Waals surface area contributed by atoms with E-state index in [9.17, 15) is 9.59 Å². The van der Waals surface area contributed by atoms with Crippen LogP contribution in [0, 0.1) is 6.92 Å². The zero-order valence-corrected chi connectivity index (χ0v) is 15.5. The van der Waals surface area contributed by atoms with E-state index in [1.54, 1.807) is 31.0 Å². The predicted molar refractivity (Wildman–Crippen MR) is 100 cm³/mol. The molecule has 25 heavy (non-hydrogen) atoms. The summed E-state index contributed by atoms with van der Waals surface area (Å²) in [6, 6.07) is 14.5. The smallest absolute Gasteiger partial charge is 0.242 e. The normalized spacial score (nSPS) is 11.7. The van der Waals surface area contributed by atoms with E-state index in [1.807, 2.05) is 43.3 Å². The number of aryl methyl sites for hydroxylation is 1. The van der Waals surface area contributed by atoms with Gasteiger partial charge in [0.1, 0.15) is 6.04 Å². The second-order valence-corrected chi connectivity index (χ2v) is 6.48. The summed E-state index contributed by atoms with van der Waals surface area (Å²) in [6.45, 7) is 4.08. The van der Waals surface area contributed by atoms with Gasteiger partial charge in [-0.3, -0.25) is 9.59 Å². The van der Waals surface area contributed by atoms with Crippen molar-refractivity contribution in [1.82, 2.24) is 10.2 Å². The number of nitrogens with one attached hydrogen (secondary N) is 1. The Morgan fingerprint density at radius 1 is 1.12 bits per heavy atom. The summed E-state index contributed by atoms with van der Waals surface area (Å²) in [5, 5.41) is 3.26. The average Bonchev–Trinajstić information content (AvgIpc) is 2.61. The summed E-state index contributed by atoms with van der Waals surface area (Å²) in [7, 11) is 1.57. The number of nitrogens with zero attached hydrogens (tertiary/aromatic N) is 1. The summed E-state index contributed by atoms with van der Waals surface area (Å²) in [4.78, 5) is 26.6. The van der Waals surface area contributed by atoms with Gasteiger partial charge in [-0.05, 0) is 42.7 Å². The predicted octanol–water partition coefficient (Wildman–Crippen LogP) is 3.35. The molecule has 2 aromatic rings. The molecule has 0 fully saturated rings. The summed E-state index contributed by atoms with van der Waals surface area (Å²) in [5.74, 6) is -0.271. The van der Waals surface area contributed by atoms with Crippen LogP contribution in [0.4, 0.5) is 0 Å². The van der Waals surface area contributed by atoms with E-state index in [0.717, 1.165) is 16.7 Å². The number of likely N-dealkylation sites (N-methyl/N-ethyl adjacent to an activating group) is 1. The first-order valence-electron chi connectivity index (χ1n) is 8.22. The Morgan fingerprint density at radius 2 is 1.76 bits per heavy atom. The maximum absolute atomic E-state index is 12.9. The van der Waals surface area contributed by atoms with Crippen LogP contribution < -0.4 is 5.32 Å². The Kier molecular flexibility index (Phi) is 6.59. The van der Waals surface area contributed by atoms with Crippen molar-refractivity contribution in [2.45, 2.75) is 32.9 Å². The number of carbonyl (C=O) groups is 2. The molecular weight excluding hydrogens is 336 g/mol. The zero-order chi connectivity index (χ0) is 18.4. The van der Waals surface area contributed by atoms with Gasteiger partial charge in [0, 0.05) is 18.6 Å². The molecule has 0 aliphatic rings. The quantitative estimate of drug-likeness (QED) is 0.860. The van der Waals surface area contributed by atoms with E-state index < -0.39 is 6.04 Å². The van der Waals surface area contributed by atoms with Crippen LogP contribution in [0.15, 0.2) is 48.5 Å². The fourth-order valence-corrected chi connectivity index (χ4v) is 2.78. The molecular formula is C20H23ClN2O2. The number of rotatable bonds is 6. The highest BCUT2D eigenvalue weighted by Crippen LogP contribution is 2.16. The summed E-state index contributed by atoms with van der Waals surface area (Å²) >= 11 is 5.93. The van der Waals surface area contributed by atoms with Crippen LogP contribution in [0.1, 0.15) is 23.6 Å². The van der Waals surface area contributed by atoms with Gasteiger partial charge in [-0.2, -0.15) is 0 Å². The molecule has 0 bridgehead atoms. The van der Waals surface area contributed by atoms with Gasteiger partial charge in [0.15, 0.2) is 0 Å². The van der Waals surface area contributed by atoms with Gasteiger partial charge < -0.3 is 10.2 Å². The molecule has 1 N–H and O–H groups in total. The lowest BCUT2D eigenvalue weighted by Crippen LogP contribution is -2.47. The van der Waals surface area contributed by atoms with E-state index in [0.29, 0.717) is 11.6 Å². The van der Waals surface area contributed by atoms with Crippen LogP contribution in [-0.4, -0.2) is 29.8 Å². The van der Waals surface area contributed by atoms with E-state index in [4.69, 9.17) is 11.6 Å². The van der Waals surface area contributed by atoms with Crippen molar-refractivity contribution in [3.63, 3.8) is 0 Å². The van der Waals surface area contributed by atoms with Crippen molar-refractivity contribution < 1.29 is 9.59 Å². The van der Waals surface area contributed by atoms with Crippen LogP contribution >= 0.6 is 11.6 Å². The van der Waals surface area contributed by atoms with Gasteiger partial charge in [-0.1, -0.05) is 48.0 Å². The van der Waals surface area contributed by atoms with Gasteiger partial charge in [-0.25, -0.2) is 0 Å². The maximum Gasteiger partial charge on any atom is 0.242 e. The van der Waals surface area contributed by atoms with Gasteiger partial charge in [0.2, 0.25) is 11.8 Å². The second kappa shape index (κ2) is 8.67.